The van der Waals surface area contributed by atoms with Crippen LogP contribution in [0.4, 0.5) is 17.3 Å². The minimum atomic E-state index is 0.839. The molecule has 1 aliphatic rings. The van der Waals surface area contributed by atoms with Gasteiger partial charge in [0.05, 0.1) is 18.1 Å². The number of piperidine rings is 1. The van der Waals surface area contributed by atoms with Gasteiger partial charge in [-0.25, -0.2) is 9.97 Å². The average molecular weight is 385 g/mol. The first kappa shape index (κ1) is 17.7. The van der Waals surface area contributed by atoms with Gasteiger partial charge >= 0.3 is 0 Å². The summed E-state index contributed by atoms with van der Waals surface area (Å²) in [6, 6.07) is 18.7. The first-order chi connectivity index (χ1) is 14.3. The van der Waals surface area contributed by atoms with Crippen molar-refractivity contribution in [3.8, 4) is 11.3 Å². The lowest BCUT2D eigenvalue weighted by Crippen LogP contribution is -2.39. The van der Waals surface area contributed by atoms with E-state index in [2.05, 4.69) is 73.9 Å². The summed E-state index contributed by atoms with van der Waals surface area (Å²) in [6.45, 7) is 2.17. The van der Waals surface area contributed by atoms with Crippen LogP contribution in [0.1, 0.15) is 19.3 Å². The second kappa shape index (κ2) is 7.54. The molecule has 146 valence electrons. The Morgan fingerprint density at radius 2 is 1.79 bits per heavy atom. The number of hydrogen-bond donors (Lipinski definition) is 1. The Morgan fingerprint density at radius 3 is 2.62 bits per heavy atom. The Kier molecular flexibility index (Phi) is 4.60. The van der Waals surface area contributed by atoms with Crippen LogP contribution in [0.25, 0.3) is 16.9 Å². The van der Waals surface area contributed by atoms with Crippen molar-refractivity contribution in [2.75, 3.05) is 23.3 Å². The van der Waals surface area contributed by atoms with Crippen molar-refractivity contribution in [3.63, 3.8) is 0 Å². The molecule has 0 unspecified atom stereocenters. The van der Waals surface area contributed by atoms with E-state index in [1.54, 1.807) is 0 Å². The van der Waals surface area contributed by atoms with Crippen LogP contribution in [-0.4, -0.2) is 27.6 Å². The van der Waals surface area contributed by atoms with Gasteiger partial charge in [-0.15, -0.1) is 9.20 Å². The first-order valence-corrected chi connectivity index (χ1v) is 10.2. The monoisotopic (exact) mass is 385 g/mol. The molecule has 1 aliphatic heterocycles. The number of aryl methyl sites for hydroxylation is 1. The fraction of sp³-hybridized carbons (Fsp3) is 0.261. The topological polar surface area (TPSA) is 49.3 Å². The standard InChI is InChI=1S/C23H24N6/c1-27-20(18-9-4-2-5-10-18)17-19(23-24-13-16-29(23)27)25-21-11-8-12-22(26-21)28-14-6-3-7-15-28/h2,4-5,8-13,16-17H,3,6-7,14-15H2,1H3/p+1. The van der Waals surface area contributed by atoms with Gasteiger partial charge in [0.25, 0.3) is 0 Å². The highest BCUT2D eigenvalue weighted by Gasteiger charge is 2.19. The Hall–Kier alpha value is -3.41. The number of rotatable bonds is 4. The van der Waals surface area contributed by atoms with Crippen LogP contribution in [0, 0.1) is 0 Å². The number of benzene rings is 1. The van der Waals surface area contributed by atoms with E-state index < -0.39 is 0 Å². The van der Waals surface area contributed by atoms with Crippen LogP contribution in [-0.2, 0) is 7.05 Å². The van der Waals surface area contributed by atoms with Crippen molar-refractivity contribution in [3.05, 3.63) is 67.0 Å². The van der Waals surface area contributed by atoms with Crippen molar-refractivity contribution in [1.82, 2.24) is 14.5 Å². The van der Waals surface area contributed by atoms with Crippen molar-refractivity contribution >= 4 is 23.0 Å². The van der Waals surface area contributed by atoms with Crippen LogP contribution in [0.5, 0.6) is 0 Å². The molecular formula is C23H25N6+. The third-order valence-corrected chi connectivity index (χ3v) is 5.56. The van der Waals surface area contributed by atoms with Crippen LogP contribution in [0.2, 0.25) is 0 Å². The molecule has 1 fully saturated rings. The normalized spacial score (nSPS) is 14.3. The quantitative estimate of drug-likeness (QED) is 0.541. The van der Waals surface area contributed by atoms with Gasteiger partial charge in [-0.1, -0.05) is 24.3 Å². The minimum absolute atomic E-state index is 0.839. The van der Waals surface area contributed by atoms with Crippen LogP contribution in [0.15, 0.2) is 67.0 Å². The molecule has 1 saturated heterocycles. The van der Waals surface area contributed by atoms with E-state index >= 15 is 0 Å². The van der Waals surface area contributed by atoms with Gasteiger partial charge in [0.15, 0.2) is 7.05 Å². The fourth-order valence-electron chi connectivity index (χ4n) is 4.04. The van der Waals surface area contributed by atoms with E-state index in [-0.39, 0.29) is 0 Å². The zero-order valence-corrected chi connectivity index (χ0v) is 16.6. The molecule has 1 N–H and O–H groups in total. The largest absolute Gasteiger partial charge is 0.357 e. The van der Waals surface area contributed by atoms with Gasteiger partial charge in [0, 0.05) is 24.7 Å². The van der Waals surface area contributed by atoms with Crippen molar-refractivity contribution in [1.29, 1.82) is 0 Å². The maximum absolute atomic E-state index is 4.88. The predicted octanol–water partition coefficient (Wildman–Crippen LogP) is 3.95. The molecule has 0 spiro atoms. The number of hydrogen-bond acceptors (Lipinski definition) is 4. The Bertz CT molecular complexity index is 1130. The predicted molar refractivity (Wildman–Crippen MR) is 115 cm³/mol. The second-order valence-corrected chi connectivity index (χ2v) is 7.48. The highest BCUT2D eigenvalue weighted by Crippen LogP contribution is 2.26. The highest BCUT2D eigenvalue weighted by molar-refractivity contribution is 5.75. The first-order valence-electron chi connectivity index (χ1n) is 10.2. The summed E-state index contributed by atoms with van der Waals surface area (Å²) >= 11 is 0. The van der Waals surface area contributed by atoms with E-state index in [1.807, 2.05) is 24.5 Å². The van der Waals surface area contributed by atoms with Gasteiger partial charge in [-0.3, -0.25) is 0 Å². The van der Waals surface area contributed by atoms with Crippen molar-refractivity contribution in [2.45, 2.75) is 19.3 Å². The highest BCUT2D eigenvalue weighted by atomic mass is 15.4. The van der Waals surface area contributed by atoms with E-state index in [0.717, 1.165) is 47.3 Å². The molecular weight excluding hydrogens is 360 g/mol. The summed E-state index contributed by atoms with van der Waals surface area (Å²) in [7, 11) is 2.05. The molecule has 1 aromatic carbocycles. The molecule has 3 aromatic heterocycles. The minimum Gasteiger partial charge on any atom is -0.357 e. The smallest absolute Gasteiger partial charge is 0.239 e. The third kappa shape index (κ3) is 3.42. The zero-order chi connectivity index (χ0) is 19.6. The fourth-order valence-corrected chi connectivity index (χ4v) is 4.04. The summed E-state index contributed by atoms with van der Waals surface area (Å²) in [6.07, 6.45) is 7.60. The molecule has 4 aromatic rings. The second-order valence-electron chi connectivity index (χ2n) is 7.48. The summed E-state index contributed by atoms with van der Waals surface area (Å²) < 4.78 is 4.17. The van der Waals surface area contributed by atoms with Crippen molar-refractivity contribution in [2.24, 2.45) is 7.05 Å². The number of aromatic nitrogens is 4. The van der Waals surface area contributed by atoms with Crippen LogP contribution >= 0.6 is 0 Å². The van der Waals surface area contributed by atoms with Gasteiger partial charge in [-0.05, 0) is 43.5 Å². The summed E-state index contributed by atoms with van der Waals surface area (Å²) in [5.74, 6) is 1.88. The van der Waals surface area contributed by atoms with Crippen LogP contribution in [0.3, 0.4) is 0 Å². The summed E-state index contributed by atoms with van der Waals surface area (Å²) in [5.41, 5.74) is 4.07. The van der Waals surface area contributed by atoms with Crippen molar-refractivity contribution < 1.29 is 4.68 Å². The molecule has 4 heterocycles. The number of fused-ring (bicyclic) bond motifs is 1. The summed E-state index contributed by atoms with van der Waals surface area (Å²) in [5, 5.41) is 3.52. The lowest BCUT2D eigenvalue weighted by molar-refractivity contribution is -0.730. The SMILES string of the molecule is C[n+]1c(-c2ccccc2)cc(Nc2cccc(N3CCCCC3)n2)c2nccn21. The molecule has 6 heteroatoms. The zero-order valence-electron chi connectivity index (χ0n) is 16.6. The lowest BCUT2D eigenvalue weighted by Gasteiger charge is -2.28. The number of pyridine rings is 1. The molecule has 0 bridgehead atoms. The van der Waals surface area contributed by atoms with Gasteiger partial charge < -0.3 is 10.2 Å². The Labute approximate surface area is 170 Å². The van der Waals surface area contributed by atoms with Gasteiger partial charge in [-0.2, -0.15) is 0 Å². The molecule has 0 atom stereocenters. The molecule has 6 nitrogen and oxygen atoms in total. The average Bonchev–Trinajstić information content (AvgIpc) is 3.28. The van der Waals surface area contributed by atoms with Crippen LogP contribution < -0.4 is 14.9 Å². The summed E-state index contributed by atoms with van der Waals surface area (Å²) in [4.78, 5) is 11.8. The molecule has 5 rings (SSSR count). The van der Waals surface area contributed by atoms with E-state index in [0.29, 0.717) is 0 Å². The number of nitrogens with zero attached hydrogens (tertiary/aromatic N) is 5. The molecule has 29 heavy (non-hydrogen) atoms. The molecule has 0 aliphatic carbocycles. The van der Waals surface area contributed by atoms with E-state index in [9.17, 15) is 0 Å². The molecule has 0 amide bonds. The van der Waals surface area contributed by atoms with Gasteiger partial charge in [0.1, 0.15) is 11.6 Å². The van der Waals surface area contributed by atoms with E-state index in [1.165, 1.54) is 19.3 Å². The Morgan fingerprint density at radius 1 is 0.966 bits per heavy atom. The maximum Gasteiger partial charge on any atom is 0.239 e. The maximum atomic E-state index is 4.88. The molecule has 0 saturated carbocycles. The Balaban J connectivity index is 1.54. The number of nitrogens with one attached hydrogen (secondary N) is 1. The third-order valence-electron chi connectivity index (χ3n) is 5.56. The lowest BCUT2D eigenvalue weighted by atomic mass is 10.1. The van der Waals surface area contributed by atoms with E-state index in [4.69, 9.17) is 4.98 Å². The van der Waals surface area contributed by atoms with Gasteiger partial charge in [0.2, 0.25) is 11.3 Å². The molecule has 0 radical (unpaired) electrons. The number of imidazole rings is 1. The number of anilines is 3.